The van der Waals surface area contributed by atoms with Crippen LogP contribution in [0.5, 0.6) is 5.75 Å². The second kappa shape index (κ2) is 7.56. The second-order valence-corrected chi connectivity index (χ2v) is 6.72. The molecule has 3 N–H and O–H groups in total. The van der Waals surface area contributed by atoms with Gasteiger partial charge in [-0.2, -0.15) is 0 Å². The number of carboxylic acids is 1. The molecule has 0 bridgehead atoms. The number of carbonyl (C=O) groups excluding carboxylic acids is 1. The van der Waals surface area contributed by atoms with Gasteiger partial charge in [-0.25, -0.2) is 9.59 Å². The highest BCUT2D eigenvalue weighted by atomic mass is 35.5. The lowest BCUT2D eigenvalue weighted by Crippen LogP contribution is -2.44. The number of nitrogens with one attached hydrogen (secondary N) is 1. The molecule has 0 fully saturated rings. The lowest BCUT2D eigenvalue weighted by molar-refractivity contribution is -0.385. The summed E-state index contributed by atoms with van der Waals surface area (Å²) in [6.45, 7) is 6.18. The van der Waals surface area contributed by atoms with Gasteiger partial charge in [-0.1, -0.05) is 11.6 Å². The second-order valence-electron chi connectivity index (χ2n) is 6.34. The molecule has 138 valence electrons. The van der Waals surface area contributed by atoms with Gasteiger partial charge < -0.3 is 20.3 Å². The number of rotatable bonds is 5. The number of nitrogens with zero attached hydrogens (tertiary/aromatic N) is 1. The molecule has 0 aliphatic rings. The molecule has 0 heterocycles. The van der Waals surface area contributed by atoms with Gasteiger partial charge in [0.05, 0.1) is 9.95 Å². The Hall–Kier alpha value is -2.55. The third kappa shape index (κ3) is 5.49. The van der Waals surface area contributed by atoms with Crippen LogP contribution < -0.4 is 5.32 Å². The van der Waals surface area contributed by atoms with E-state index < -0.39 is 40.8 Å². The molecule has 1 amide bonds. The monoisotopic (exact) mass is 374 g/mol. The number of phenolic OH excluding ortho intramolecular Hbond substituents is 1. The third-order valence-electron chi connectivity index (χ3n) is 3.15. The first-order valence-corrected chi connectivity index (χ1v) is 7.59. The summed E-state index contributed by atoms with van der Waals surface area (Å²) in [7, 11) is 0. The Bertz CT molecular complexity index is 713. The number of aliphatic carboxylic acids is 1. The van der Waals surface area contributed by atoms with Crippen molar-refractivity contribution in [2.24, 2.45) is 0 Å². The fourth-order valence-corrected chi connectivity index (χ4v) is 2.21. The van der Waals surface area contributed by atoms with Crippen molar-refractivity contribution in [3.8, 4) is 5.75 Å². The van der Waals surface area contributed by atoms with Crippen molar-refractivity contribution in [3.63, 3.8) is 0 Å². The summed E-state index contributed by atoms with van der Waals surface area (Å²) in [4.78, 5) is 33.5. The molecule has 0 aromatic heterocycles. The minimum atomic E-state index is -1.47. The molecule has 0 spiro atoms. The van der Waals surface area contributed by atoms with Crippen LogP contribution in [-0.4, -0.2) is 38.8 Å². The molecule has 9 nitrogen and oxygen atoms in total. The first kappa shape index (κ1) is 20.5. The lowest BCUT2D eigenvalue weighted by Gasteiger charge is -2.22. The van der Waals surface area contributed by atoms with Crippen molar-refractivity contribution in [2.45, 2.75) is 45.8 Å². The number of alkyl carbamates (subject to hydrolysis) is 1. The Labute approximate surface area is 148 Å². The molecule has 1 aromatic carbocycles. The quantitative estimate of drug-likeness (QED) is 0.531. The van der Waals surface area contributed by atoms with Gasteiger partial charge in [0.25, 0.3) is 5.69 Å². The number of nitro benzene ring substituents is 1. The van der Waals surface area contributed by atoms with Crippen LogP contribution in [0.4, 0.5) is 10.5 Å². The number of aromatic hydroxyl groups is 1. The predicted octanol–water partition coefficient (Wildman–Crippen LogP) is 2.78. The average Bonchev–Trinajstić information content (AvgIpc) is 2.44. The van der Waals surface area contributed by atoms with Crippen molar-refractivity contribution < 1.29 is 29.5 Å². The van der Waals surface area contributed by atoms with E-state index in [2.05, 4.69) is 5.32 Å². The van der Waals surface area contributed by atoms with Gasteiger partial charge in [0.15, 0.2) is 0 Å². The summed E-state index contributed by atoms with van der Waals surface area (Å²) in [6.07, 6.45) is -1.38. The van der Waals surface area contributed by atoms with Gasteiger partial charge in [-0.15, -0.1) is 0 Å². The van der Waals surface area contributed by atoms with Crippen molar-refractivity contribution >= 4 is 29.4 Å². The number of carbonyl (C=O) groups is 2. The van der Waals surface area contributed by atoms with Crippen LogP contribution in [0.1, 0.15) is 31.9 Å². The highest BCUT2D eigenvalue weighted by Crippen LogP contribution is 2.37. The number of carboxylic acid groups (broad SMARTS) is 1. The summed E-state index contributed by atoms with van der Waals surface area (Å²) in [5.74, 6) is -1.87. The van der Waals surface area contributed by atoms with Crippen LogP contribution >= 0.6 is 11.6 Å². The number of phenols is 1. The topological polar surface area (TPSA) is 139 Å². The minimum absolute atomic E-state index is 0.0555. The van der Waals surface area contributed by atoms with Crippen LogP contribution in [0.25, 0.3) is 0 Å². The van der Waals surface area contributed by atoms with Crippen molar-refractivity contribution in [1.29, 1.82) is 0 Å². The zero-order valence-corrected chi connectivity index (χ0v) is 14.9. The standard InChI is InChI=1S/C15H19ClN2O7/c1-7-10(18(23)24)6-8(12(19)11(7)16)5-9(13(20)21)17-14(22)25-15(2,3)4/h6,9,19H,5H2,1-4H3,(H,17,22)(H,20,21). The summed E-state index contributed by atoms with van der Waals surface area (Å²) >= 11 is 5.87. The maximum atomic E-state index is 11.8. The number of benzene rings is 1. The molecule has 1 rings (SSSR count). The Balaban J connectivity index is 3.13. The SMILES string of the molecule is Cc1c([N+](=O)[O-])cc(CC(NC(=O)OC(C)(C)C)C(=O)O)c(O)c1Cl. The van der Waals surface area contributed by atoms with E-state index in [4.69, 9.17) is 16.3 Å². The molecule has 25 heavy (non-hydrogen) atoms. The average molecular weight is 375 g/mol. The van der Waals surface area contributed by atoms with Gasteiger partial charge in [0, 0.05) is 23.6 Å². The summed E-state index contributed by atoms with van der Waals surface area (Å²) < 4.78 is 4.98. The molecular weight excluding hydrogens is 356 g/mol. The number of hydrogen-bond donors (Lipinski definition) is 3. The molecule has 1 atom stereocenters. The van der Waals surface area contributed by atoms with Crippen LogP contribution in [-0.2, 0) is 16.0 Å². The number of hydrogen-bond acceptors (Lipinski definition) is 6. The maximum absolute atomic E-state index is 11.8. The summed E-state index contributed by atoms with van der Waals surface area (Å²) in [5, 5.41) is 32.3. The molecule has 1 aromatic rings. The molecule has 0 aliphatic heterocycles. The van der Waals surface area contributed by atoms with Crippen molar-refractivity contribution in [2.75, 3.05) is 0 Å². The fourth-order valence-electron chi connectivity index (χ4n) is 1.99. The predicted molar refractivity (Wildman–Crippen MR) is 89.0 cm³/mol. The molecular formula is C15H19ClN2O7. The minimum Gasteiger partial charge on any atom is -0.506 e. The smallest absolute Gasteiger partial charge is 0.408 e. The van der Waals surface area contributed by atoms with Gasteiger partial charge in [-0.3, -0.25) is 10.1 Å². The highest BCUT2D eigenvalue weighted by Gasteiger charge is 2.28. The lowest BCUT2D eigenvalue weighted by atomic mass is 10.0. The van der Waals surface area contributed by atoms with Crippen LogP contribution in [0.15, 0.2) is 6.07 Å². The molecule has 0 radical (unpaired) electrons. The number of nitro groups is 1. The maximum Gasteiger partial charge on any atom is 0.408 e. The van der Waals surface area contributed by atoms with Gasteiger partial charge >= 0.3 is 12.1 Å². The van der Waals surface area contributed by atoms with Gasteiger partial charge in [0.2, 0.25) is 0 Å². The number of amides is 1. The van der Waals surface area contributed by atoms with Crippen molar-refractivity contribution in [3.05, 3.63) is 32.3 Å². The zero-order chi connectivity index (χ0) is 19.5. The third-order valence-corrected chi connectivity index (χ3v) is 3.61. The highest BCUT2D eigenvalue weighted by molar-refractivity contribution is 6.33. The van der Waals surface area contributed by atoms with Gasteiger partial charge in [0.1, 0.15) is 17.4 Å². The van der Waals surface area contributed by atoms with E-state index in [-0.39, 0.29) is 21.8 Å². The molecule has 10 heteroatoms. The Morgan fingerprint density at radius 2 is 2.00 bits per heavy atom. The molecule has 0 saturated carbocycles. The zero-order valence-electron chi connectivity index (χ0n) is 14.1. The van der Waals surface area contributed by atoms with E-state index in [9.17, 15) is 29.9 Å². The van der Waals surface area contributed by atoms with E-state index in [1.807, 2.05) is 0 Å². The largest absolute Gasteiger partial charge is 0.506 e. The summed E-state index contributed by atoms with van der Waals surface area (Å²) in [5.41, 5.74) is -1.22. The van der Waals surface area contributed by atoms with E-state index in [0.29, 0.717) is 0 Å². The first-order chi connectivity index (χ1) is 11.3. The summed E-state index contributed by atoms with van der Waals surface area (Å²) in [6, 6.07) is -0.442. The fraction of sp³-hybridized carbons (Fsp3) is 0.467. The van der Waals surface area contributed by atoms with E-state index in [1.54, 1.807) is 20.8 Å². The Morgan fingerprint density at radius 3 is 2.44 bits per heavy atom. The van der Waals surface area contributed by atoms with Crippen LogP contribution in [0, 0.1) is 17.0 Å². The first-order valence-electron chi connectivity index (χ1n) is 7.21. The molecule has 0 saturated heterocycles. The number of halogens is 1. The normalized spacial score (nSPS) is 12.4. The molecule has 0 aliphatic carbocycles. The van der Waals surface area contributed by atoms with Crippen molar-refractivity contribution in [1.82, 2.24) is 5.32 Å². The van der Waals surface area contributed by atoms with E-state index in [0.717, 1.165) is 6.07 Å². The van der Waals surface area contributed by atoms with E-state index >= 15 is 0 Å². The van der Waals surface area contributed by atoms with Crippen LogP contribution in [0.2, 0.25) is 5.02 Å². The Morgan fingerprint density at radius 1 is 1.44 bits per heavy atom. The molecule has 1 unspecified atom stereocenters. The van der Waals surface area contributed by atoms with E-state index in [1.165, 1.54) is 6.92 Å². The van der Waals surface area contributed by atoms with Crippen LogP contribution in [0.3, 0.4) is 0 Å². The number of ether oxygens (including phenoxy) is 1. The Kier molecular flexibility index (Phi) is 6.20. The van der Waals surface area contributed by atoms with Gasteiger partial charge in [-0.05, 0) is 27.7 Å².